The molecule has 0 saturated carbocycles. The highest BCUT2D eigenvalue weighted by atomic mass is 32.2. The zero-order chi connectivity index (χ0) is 22.9. The number of carbonyl (C=O) groups excluding carboxylic acids is 1. The molecule has 2 aromatic carbocycles. The van der Waals surface area contributed by atoms with Crippen LogP contribution in [0.1, 0.15) is 19.4 Å². The Morgan fingerprint density at radius 2 is 1.78 bits per heavy atom. The standard InChI is InChI=1S/C22H24N6O3S/c1-4-28(5-2)32(30,31)16-11-12-18-17(14-16)20-21(27(18)3)24-22(26-25-20)23-19(29)13-15-9-7-6-8-10-15/h6-12,14H,4-5,13H2,1-3H3,(H,23,24,26,29). The molecule has 0 atom stereocenters. The van der Waals surface area contributed by atoms with Crippen LogP contribution in [-0.4, -0.2) is 51.5 Å². The number of aryl methyl sites for hydroxylation is 1. The van der Waals surface area contributed by atoms with E-state index in [2.05, 4.69) is 20.5 Å². The van der Waals surface area contributed by atoms with E-state index in [-0.39, 0.29) is 23.2 Å². The molecule has 0 fully saturated rings. The lowest BCUT2D eigenvalue weighted by atomic mass is 10.1. The zero-order valence-electron chi connectivity index (χ0n) is 18.1. The average molecular weight is 453 g/mol. The normalized spacial score (nSPS) is 12.0. The van der Waals surface area contributed by atoms with Gasteiger partial charge in [-0.3, -0.25) is 10.1 Å². The van der Waals surface area contributed by atoms with Gasteiger partial charge in [0.05, 0.1) is 16.8 Å². The van der Waals surface area contributed by atoms with Crippen LogP contribution in [0.15, 0.2) is 53.4 Å². The van der Waals surface area contributed by atoms with Crippen molar-refractivity contribution in [2.24, 2.45) is 7.05 Å². The fourth-order valence-electron chi connectivity index (χ4n) is 3.71. The summed E-state index contributed by atoms with van der Waals surface area (Å²) >= 11 is 0. The van der Waals surface area contributed by atoms with Crippen LogP contribution >= 0.6 is 0 Å². The number of carbonyl (C=O) groups is 1. The van der Waals surface area contributed by atoms with Gasteiger partial charge in [-0.1, -0.05) is 44.2 Å². The first-order valence-electron chi connectivity index (χ1n) is 10.3. The van der Waals surface area contributed by atoms with Crippen LogP contribution in [0.5, 0.6) is 0 Å². The molecule has 0 bridgehead atoms. The number of nitrogens with zero attached hydrogens (tertiary/aromatic N) is 5. The van der Waals surface area contributed by atoms with Gasteiger partial charge in [0.1, 0.15) is 5.52 Å². The van der Waals surface area contributed by atoms with Gasteiger partial charge in [0.25, 0.3) is 5.95 Å². The van der Waals surface area contributed by atoms with Gasteiger partial charge in [0.15, 0.2) is 5.65 Å². The van der Waals surface area contributed by atoms with Crippen molar-refractivity contribution in [2.45, 2.75) is 25.2 Å². The van der Waals surface area contributed by atoms with Crippen molar-refractivity contribution >= 4 is 43.9 Å². The molecule has 166 valence electrons. The third kappa shape index (κ3) is 3.94. The molecule has 0 aliphatic carbocycles. The molecule has 0 spiro atoms. The number of hydrogen-bond donors (Lipinski definition) is 1. The van der Waals surface area contributed by atoms with E-state index in [1.807, 2.05) is 37.4 Å². The SMILES string of the molecule is CCN(CC)S(=O)(=O)c1ccc2c(c1)c1nnc(NC(=O)Cc3ccccc3)nc1n2C. The summed E-state index contributed by atoms with van der Waals surface area (Å²) in [6.45, 7) is 4.39. The molecule has 2 heterocycles. The van der Waals surface area contributed by atoms with Gasteiger partial charge in [-0.25, -0.2) is 8.42 Å². The highest BCUT2D eigenvalue weighted by Crippen LogP contribution is 2.29. The fourth-order valence-corrected chi connectivity index (χ4v) is 5.20. The quantitative estimate of drug-likeness (QED) is 0.462. The molecule has 32 heavy (non-hydrogen) atoms. The number of amides is 1. The molecular formula is C22H24N6O3S. The first-order valence-corrected chi connectivity index (χ1v) is 11.8. The van der Waals surface area contributed by atoms with Crippen LogP contribution in [0.3, 0.4) is 0 Å². The van der Waals surface area contributed by atoms with Crippen LogP contribution < -0.4 is 5.32 Å². The average Bonchev–Trinajstić information content (AvgIpc) is 3.06. The van der Waals surface area contributed by atoms with Crippen molar-refractivity contribution in [1.29, 1.82) is 0 Å². The number of fused-ring (bicyclic) bond motifs is 3. The number of anilines is 1. The Kier molecular flexibility index (Phi) is 5.90. The predicted octanol–water partition coefficient (Wildman–Crippen LogP) is 2.73. The van der Waals surface area contributed by atoms with E-state index in [1.54, 1.807) is 36.6 Å². The van der Waals surface area contributed by atoms with Gasteiger partial charge in [-0.05, 0) is 23.8 Å². The predicted molar refractivity (Wildman–Crippen MR) is 123 cm³/mol. The minimum absolute atomic E-state index is 0.0975. The number of aromatic nitrogens is 4. The molecule has 1 amide bonds. The van der Waals surface area contributed by atoms with Crippen molar-refractivity contribution in [3.63, 3.8) is 0 Å². The minimum Gasteiger partial charge on any atom is -0.327 e. The Labute approximate surface area is 186 Å². The third-order valence-electron chi connectivity index (χ3n) is 5.37. The van der Waals surface area contributed by atoms with Gasteiger partial charge >= 0.3 is 0 Å². The monoisotopic (exact) mass is 452 g/mol. The molecule has 1 N–H and O–H groups in total. The van der Waals surface area contributed by atoms with Crippen molar-refractivity contribution in [3.8, 4) is 0 Å². The molecule has 2 aromatic heterocycles. The maximum Gasteiger partial charge on any atom is 0.251 e. The summed E-state index contributed by atoms with van der Waals surface area (Å²) in [5.41, 5.74) is 2.63. The number of sulfonamides is 1. The Hall–Kier alpha value is -3.37. The van der Waals surface area contributed by atoms with E-state index in [0.29, 0.717) is 29.6 Å². The molecule has 0 aliphatic heterocycles. The highest BCUT2D eigenvalue weighted by Gasteiger charge is 2.23. The molecule has 0 saturated heterocycles. The maximum absolute atomic E-state index is 12.9. The van der Waals surface area contributed by atoms with Crippen molar-refractivity contribution in [2.75, 3.05) is 18.4 Å². The molecule has 4 aromatic rings. The van der Waals surface area contributed by atoms with Crippen LogP contribution in [0.4, 0.5) is 5.95 Å². The summed E-state index contributed by atoms with van der Waals surface area (Å²) in [6, 6.07) is 14.3. The van der Waals surface area contributed by atoms with Crippen molar-refractivity contribution in [1.82, 2.24) is 24.1 Å². The largest absolute Gasteiger partial charge is 0.327 e. The van der Waals surface area contributed by atoms with Gasteiger partial charge in [-0.2, -0.15) is 9.29 Å². The van der Waals surface area contributed by atoms with Gasteiger partial charge in [0.2, 0.25) is 15.9 Å². The molecule has 0 unspecified atom stereocenters. The van der Waals surface area contributed by atoms with E-state index in [4.69, 9.17) is 0 Å². The number of rotatable bonds is 7. The molecule has 0 aliphatic rings. The summed E-state index contributed by atoms with van der Waals surface area (Å²) in [4.78, 5) is 17.0. The summed E-state index contributed by atoms with van der Waals surface area (Å²) in [5.74, 6) is -0.149. The van der Waals surface area contributed by atoms with E-state index in [1.165, 1.54) is 4.31 Å². The summed E-state index contributed by atoms with van der Waals surface area (Å²) in [6.07, 6.45) is 0.198. The highest BCUT2D eigenvalue weighted by molar-refractivity contribution is 7.89. The zero-order valence-corrected chi connectivity index (χ0v) is 18.9. The van der Waals surface area contributed by atoms with E-state index in [0.717, 1.165) is 11.1 Å². The van der Waals surface area contributed by atoms with Crippen molar-refractivity contribution in [3.05, 3.63) is 54.1 Å². The second-order valence-corrected chi connectivity index (χ2v) is 9.28. The topological polar surface area (TPSA) is 110 Å². The molecule has 9 nitrogen and oxygen atoms in total. The lowest BCUT2D eigenvalue weighted by Crippen LogP contribution is -2.30. The van der Waals surface area contributed by atoms with E-state index < -0.39 is 10.0 Å². The van der Waals surface area contributed by atoms with Crippen LogP contribution in [-0.2, 0) is 28.3 Å². The Morgan fingerprint density at radius 3 is 2.47 bits per heavy atom. The summed E-state index contributed by atoms with van der Waals surface area (Å²) in [5, 5.41) is 11.6. The van der Waals surface area contributed by atoms with Gasteiger partial charge in [0, 0.05) is 25.5 Å². The van der Waals surface area contributed by atoms with Gasteiger partial charge < -0.3 is 4.57 Å². The number of nitrogens with one attached hydrogen (secondary N) is 1. The summed E-state index contributed by atoms with van der Waals surface area (Å²) in [7, 11) is -1.79. The summed E-state index contributed by atoms with van der Waals surface area (Å²) < 4.78 is 29.1. The van der Waals surface area contributed by atoms with E-state index in [9.17, 15) is 13.2 Å². The fraction of sp³-hybridized carbons (Fsp3) is 0.273. The Bertz CT molecular complexity index is 1400. The Morgan fingerprint density at radius 1 is 1.06 bits per heavy atom. The second-order valence-electron chi connectivity index (χ2n) is 7.35. The first kappa shape index (κ1) is 21.8. The van der Waals surface area contributed by atoms with Crippen molar-refractivity contribution < 1.29 is 13.2 Å². The number of hydrogen-bond acceptors (Lipinski definition) is 6. The lowest BCUT2D eigenvalue weighted by Gasteiger charge is -2.18. The van der Waals surface area contributed by atoms with E-state index >= 15 is 0 Å². The second kappa shape index (κ2) is 8.64. The van der Waals surface area contributed by atoms with Crippen LogP contribution in [0, 0.1) is 0 Å². The third-order valence-corrected chi connectivity index (χ3v) is 7.42. The van der Waals surface area contributed by atoms with Crippen LogP contribution in [0.2, 0.25) is 0 Å². The molecular weight excluding hydrogens is 428 g/mol. The smallest absolute Gasteiger partial charge is 0.251 e. The minimum atomic E-state index is -3.61. The first-order chi connectivity index (χ1) is 15.3. The molecule has 4 rings (SSSR count). The van der Waals surface area contributed by atoms with Crippen LogP contribution in [0.25, 0.3) is 22.1 Å². The lowest BCUT2D eigenvalue weighted by molar-refractivity contribution is -0.115. The maximum atomic E-state index is 12.9. The molecule has 10 heteroatoms. The molecule has 0 radical (unpaired) electrons. The Balaban J connectivity index is 1.69. The van der Waals surface area contributed by atoms with Gasteiger partial charge in [-0.15, -0.1) is 10.2 Å². The number of benzene rings is 2.